The van der Waals surface area contributed by atoms with Crippen LogP contribution in [0.4, 0.5) is 0 Å². The molecule has 0 radical (unpaired) electrons. The Kier molecular flexibility index (Phi) is 4.41. The van der Waals surface area contributed by atoms with E-state index in [1.807, 2.05) is 17.0 Å². The number of nitrogens with zero attached hydrogens (tertiary/aromatic N) is 4. The number of rotatable bonds is 6. The summed E-state index contributed by atoms with van der Waals surface area (Å²) in [5, 5.41) is 8.88. The molecule has 0 atom stereocenters. The normalized spacial score (nSPS) is 16.0. The van der Waals surface area contributed by atoms with Crippen molar-refractivity contribution < 1.29 is 14.0 Å². The maximum Gasteiger partial charge on any atom is 0.262 e. The zero-order valence-corrected chi connectivity index (χ0v) is 16.2. The second-order valence-corrected chi connectivity index (χ2v) is 7.65. The topological polar surface area (TPSA) is 79.5 Å². The van der Waals surface area contributed by atoms with Gasteiger partial charge in [0.1, 0.15) is 0 Å². The molecule has 1 aliphatic heterocycles. The predicted molar refractivity (Wildman–Crippen MR) is 105 cm³/mol. The molecule has 2 heterocycles. The summed E-state index contributed by atoms with van der Waals surface area (Å²) in [5.74, 6) is 0.332. The van der Waals surface area contributed by atoms with Crippen LogP contribution in [0, 0.1) is 0 Å². The third-order valence-corrected chi connectivity index (χ3v) is 5.41. The standard InChI is InChI=1S/C21H17ClN4O3/c22-14-7-5-13(6-8-14)19-24-23-18(29-19)11-25(15-9-10-15)12-26-20(27)16-3-1-2-4-17(16)21(26)28/h1-8,15H,9-12H2. The lowest BCUT2D eigenvalue weighted by atomic mass is 10.1. The monoisotopic (exact) mass is 408 g/mol. The van der Waals surface area contributed by atoms with Gasteiger partial charge in [-0.15, -0.1) is 10.2 Å². The van der Waals surface area contributed by atoms with Gasteiger partial charge in [0.05, 0.1) is 24.3 Å². The van der Waals surface area contributed by atoms with Crippen LogP contribution in [0.5, 0.6) is 0 Å². The third-order valence-electron chi connectivity index (χ3n) is 5.16. The summed E-state index contributed by atoms with van der Waals surface area (Å²) in [6.07, 6.45) is 2.03. The lowest BCUT2D eigenvalue weighted by molar-refractivity contribution is 0.0510. The molecule has 8 heteroatoms. The van der Waals surface area contributed by atoms with E-state index in [1.54, 1.807) is 36.4 Å². The van der Waals surface area contributed by atoms with Gasteiger partial charge in [-0.1, -0.05) is 23.7 Å². The van der Waals surface area contributed by atoms with Crippen molar-refractivity contribution in [1.29, 1.82) is 0 Å². The molecule has 146 valence electrons. The Balaban J connectivity index is 1.33. The van der Waals surface area contributed by atoms with Gasteiger partial charge in [-0.2, -0.15) is 0 Å². The summed E-state index contributed by atoms with van der Waals surface area (Å²) in [6, 6.07) is 14.4. The Morgan fingerprint density at radius 3 is 2.28 bits per heavy atom. The number of halogens is 1. The van der Waals surface area contributed by atoms with Gasteiger partial charge in [0.2, 0.25) is 11.8 Å². The molecule has 29 heavy (non-hydrogen) atoms. The van der Waals surface area contributed by atoms with Crippen molar-refractivity contribution in [3.05, 3.63) is 70.6 Å². The molecule has 2 amide bonds. The average Bonchev–Trinajstić information content (AvgIpc) is 3.44. The minimum Gasteiger partial charge on any atom is -0.419 e. The van der Waals surface area contributed by atoms with E-state index in [1.165, 1.54) is 4.90 Å². The minimum atomic E-state index is -0.261. The molecular weight excluding hydrogens is 392 g/mol. The van der Waals surface area contributed by atoms with Crippen LogP contribution < -0.4 is 0 Å². The average molecular weight is 409 g/mol. The molecule has 0 unspecified atom stereocenters. The largest absolute Gasteiger partial charge is 0.419 e. The number of imide groups is 1. The Hall–Kier alpha value is -3.03. The number of carbonyl (C=O) groups excluding carboxylic acids is 2. The van der Waals surface area contributed by atoms with Crippen molar-refractivity contribution in [2.75, 3.05) is 6.67 Å². The van der Waals surface area contributed by atoms with E-state index in [2.05, 4.69) is 10.2 Å². The highest BCUT2D eigenvalue weighted by atomic mass is 35.5. The highest BCUT2D eigenvalue weighted by Gasteiger charge is 2.39. The summed E-state index contributed by atoms with van der Waals surface area (Å²) in [4.78, 5) is 28.7. The van der Waals surface area contributed by atoms with Gasteiger partial charge >= 0.3 is 0 Å². The van der Waals surface area contributed by atoms with Gasteiger partial charge in [-0.05, 0) is 49.2 Å². The van der Waals surface area contributed by atoms with Gasteiger partial charge in [-0.25, -0.2) is 0 Å². The Morgan fingerprint density at radius 1 is 1.00 bits per heavy atom. The first-order valence-electron chi connectivity index (χ1n) is 9.38. The SMILES string of the molecule is O=C1c2ccccc2C(=O)N1CN(Cc1nnc(-c2ccc(Cl)cc2)o1)C1CC1. The fourth-order valence-electron chi connectivity index (χ4n) is 3.48. The highest BCUT2D eigenvalue weighted by Crippen LogP contribution is 2.31. The quantitative estimate of drug-likeness (QED) is 0.580. The number of fused-ring (bicyclic) bond motifs is 1. The van der Waals surface area contributed by atoms with Crippen LogP contribution in [0.25, 0.3) is 11.5 Å². The third kappa shape index (κ3) is 3.43. The van der Waals surface area contributed by atoms with Gasteiger partial charge in [0.25, 0.3) is 11.8 Å². The molecule has 1 saturated carbocycles. The fourth-order valence-corrected chi connectivity index (χ4v) is 3.61. The Labute approximate surface area is 171 Å². The van der Waals surface area contributed by atoms with Crippen LogP contribution in [0.3, 0.4) is 0 Å². The number of benzene rings is 2. The summed E-state index contributed by atoms with van der Waals surface area (Å²) in [7, 11) is 0. The summed E-state index contributed by atoms with van der Waals surface area (Å²) in [6.45, 7) is 0.578. The first-order valence-corrected chi connectivity index (χ1v) is 9.75. The lowest BCUT2D eigenvalue weighted by Gasteiger charge is -2.25. The van der Waals surface area contributed by atoms with Gasteiger partial charge in [-0.3, -0.25) is 19.4 Å². The van der Waals surface area contributed by atoms with E-state index in [0.29, 0.717) is 40.5 Å². The maximum absolute atomic E-state index is 12.7. The van der Waals surface area contributed by atoms with Crippen LogP contribution in [-0.2, 0) is 6.54 Å². The molecule has 1 fully saturated rings. The van der Waals surface area contributed by atoms with Crippen LogP contribution >= 0.6 is 11.6 Å². The van der Waals surface area contributed by atoms with E-state index in [4.69, 9.17) is 16.0 Å². The second kappa shape index (κ2) is 7.09. The van der Waals surface area contributed by atoms with Crippen molar-refractivity contribution in [2.24, 2.45) is 0 Å². The van der Waals surface area contributed by atoms with Crippen LogP contribution in [0.1, 0.15) is 39.4 Å². The summed E-state index contributed by atoms with van der Waals surface area (Å²) in [5.41, 5.74) is 1.69. The van der Waals surface area contributed by atoms with Crippen molar-refractivity contribution in [1.82, 2.24) is 20.0 Å². The number of hydrogen-bond acceptors (Lipinski definition) is 6. The van der Waals surface area contributed by atoms with Crippen molar-refractivity contribution in [3.63, 3.8) is 0 Å². The molecule has 3 aromatic rings. The Bertz CT molecular complexity index is 1060. The van der Waals surface area contributed by atoms with Gasteiger partial charge in [0, 0.05) is 16.6 Å². The first kappa shape index (κ1) is 18.0. The smallest absolute Gasteiger partial charge is 0.262 e. The van der Waals surface area contributed by atoms with Crippen molar-refractivity contribution >= 4 is 23.4 Å². The lowest BCUT2D eigenvalue weighted by Crippen LogP contribution is -2.42. The van der Waals surface area contributed by atoms with Crippen LogP contribution in [-0.4, -0.2) is 44.5 Å². The molecule has 1 aliphatic carbocycles. The highest BCUT2D eigenvalue weighted by molar-refractivity contribution is 6.30. The van der Waals surface area contributed by atoms with Crippen molar-refractivity contribution in [3.8, 4) is 11.5 Å². The number of hydrogen-bond donors (Lipinski definition) is 0. The zero-order chi connectivity index (χ0) is 20.0. The molecule has 0 saturated heterocycles. The second-order valence-electron chi connectivity index (χ2n) is 7.21. The maximum atomic E-state index is 12.7. The molecule has 5 rings (SSSR count). The number of carbonyl (C=O) groups is 2. The van der Waals surface area contributed by atoms with E-state index < -0.39 is 0 Å². The predicted octanol–water partition coefficient (Wildman–Crippen LogP) is 3.61. The molecule has 0 bridgehead atoms. The Morgan fingerprint density at radius 2 is 1.66 bits per heavy atom. The molecule has 1 aromatic heterocycles. The first-order chi connectivity index (χ1) is 14.1. The minimum absolute atomic E-state index is 0.204. The van der Waals surface area contributed by atoms with E-state index >= 15 is 0 Å². The van der Waals surface area contributed by atoms with Gasteiger partial charge < -0.3 is 4.42 Å². The van der Waals surface area contributed by atoms with E-state index in [0.717, 1.165) is 18.4 Å². The molecule has 0 spiro atoms. The van der Waals surface area contributed by atoms with Crippen LogP contribution in [0.15, 0.2) is 52.9 Å². The molecular formula is C21H17ClN4O3. The number of amides is 2. The molecule has 7 nitrogen and oxygen atoms in total. The molecule has 2 aromatic carbocycles. The molecule has 2 aliphatic rings. The summed E-state index contributed by atoms with van der Waals surface area (Å²) < 4.78 is 5.80. The van der Waals surface area contributed by atoms with Crippen molar-refractivity contribution in [2.45, 2.75) is 25.4 Å². The number of aromatic nitrogens is 2. The summed E-state index contributed by atoms with van der Waals surface area (Å²) >= 11 is 5.92. The fraction of sp³-hybridized carbons (Fsp3) is 0.238. The van der Waals surface area contributed by atoms with Gasteiger partial charge in [0.15, 0.2) is 0 Å². The molecule has 0 N–H and O–H groups in total. The zero-order valence-electron chi connectivity index (χ0n) is 15.4. The van der Waals surface area contributed by atoms with E-state index in [-0.39, 0.29) is 18.5 Å². The van der Waals surface area contributed by atoms with Crippen LogP contribution in [0.2, 0.25) is 5.02 Å². The van der Waals surface area contributed by atoms with E-state index in [9.17, 15) is 9.59 Å².